The second kappa shape index (κ2) is 11.7. The van der Waals surface area contributed by atoms with Gasteiger partial charge < -0.3 is 4.55 Å². The Labute approximate surface area is 192 Å². The van der Waals surface area contributed by atoms with Gasteiger partial charge in [-0.3, -0.25) is 0 Å². The summed E-state index contributed by atoms with van der Waals surface area (Å²) in [6.45, 7) is 0. The molecule has 0 heterocycles. The van der Waals surface area contributed by atoms with Gasteiger partial charge in [-0.05, 0) is 0 Å². The van der Waals surface area contributed by atoms with Crippen LogP contribution in [0.15, 0.2) is 60.7 Å². The van der Waals surface area contributed by atoms with Crippen LogP contribution in [0.5, 0.6) is 0 Å². The van der Waals surface area contributed by atoms with Crippen LogP contribution in [-0.2, 0) is 22.7 Å². The van der Waals surface area contributed by atoms with Crippen molar-refractivity contribution in [3.05, 3.63) is 69.8 Å². The number of hydrogen-bond donors (Lipinski definition) is 0. The molecule has 0 atom stereocenters. The average molecular weight is 627 g/mol. The minimum Gasteiger partial charge on any atom is -0.741 e. The van der Waals surface area contributed by atoms with Gasteiger partial charge in [0.1, 0.15) is 0 Å². The quantitative estimate of drug-likeness (QED) is 0.166. The minimum atomic E-state index is -6.09. The molecule has 0 aromatic heterocycles. The van der Waals surface area contributed by atoms with E-state index in [-0.39, 0.29) is 0 Å². The third-order valence-electron chi connectivity index (χ3n) is 2.82. The maximum absolute atomic E-state index is 12.6. The van der Waals surface area contributed by atoms with Gasteiger partial charge in [0, 0.05) is 0 Å². The first-order valence-corrected chi connectivity index (χ1v) is 13.8. The fourth-order valence-electron chi connectivity index (χ4n) is 1.45. The zero-order valence-electron chi connectivity index (χ0n) is 15.7. The minimum absolute atomic E-state index is 0.327. The topological polar surface area (TPSA) is 101 Å². The van der Waals surface area contributed by atoms with Gasteiger partial charge in [-0.2, -0.15) is 13.2 Å². The van der Waals surface area contributed by atoms with Gasteiger partial charge in [0.2, 0.25) is 0 Å². The molecule has 0 aliphatic carbocycles. The molecule has 2 aromatic carbocycles. The van der Waals surface area contributed by atoms with Crippen LogP contribution < -0.4 is 0 Å². The van der Waals surface area contributed by atoms with Crippen molar-refractivity contribution >= 4 is 40.5 Å². The standard InChI is InChI=1S/C17H10F3IO3S.CHF3O3S/c18-17(19,20)25(22,23)24-21(16-12-5-2-6-13-16)14-8-7-11-15-9-3-1-4-10-15;2-1(3,4)8(5,6)7/h1-6,9-10,12-13H;(H,5,6,7)/p-1. The van der Waals surface area contributed by atoms with E-state index in [1.165, 1.54) is 12.1 Å². The SMILES string of the molecule is O=S(=O)(OI(C#CC#Cc1ccccc1)c1ccccc1)C(F)(F)F.O=S(=O)([O-])C(F)(F)F. The monoisotopic (exact) mass is 627 g/mol. The molecule has 0 bridgehead atoms. The predicted molar refractivity (Wildman–Crippen MR) is 112 cm³/mol. The van der Waals surface area contributed by atoms with Crippen molar-refractivity contribution in [1.82, 2.24) is 0 Å². The van der Waals surface area contributed by atoms with Gasteiger partial charge >= 0.3 is 157 Å². The molecule has 0 unspecified atom stereocenters. The molecule has 0 aliphatic rings. The molecule has 0 spiro atoms. The molecule has 2 aromatic rings. The maximum atomic E-state index is 12.6. The van der Waals surface area contributed by atoms with E-state index < -0.39 is 51.5 Å². The number of hydrogen-bond acceptors (Lipinski definition) is 6. The largest absolute Gasteiger partial charge is 0.741 e. The van der Waals surface area contributed by atoms with Crippen LogP contribution in [0.2, 0.25) is 0 Å². The van der Waals surface area contributed by atoms with Crippen molar-refractivity contribution in [2.75, 3.05) is 0 Å². The van der Waals surface area contributed by atoms with Gasteiger partial charge in [0.05, 0.1) is 0 Å². The van der Waals surface area contributed by atoms with Crippen molar-refractivity contribution in [3.63, 3.8) is 0 Å². The first-order chi connectivity index (χ1) is 15.0. The van der Waals surface area contributed by atoms with Crippen LogP contribution in [0.1, 0.15) is 5.56 Å². The van der Waals surface area contributed by atoms with Gasteiger partial charge in [-0.15, -0.1) is 0 Å². The molecule has 0 aliphatic heterocycles. The van der Waals surface area contributed by atoms with Crippen molar-refractivity contribution in [1.29, 1.82) is 0 Å². The summed E-state index contributed by atoms with van der Waals surface area (Å²) in [7, 11) is -11.8. The molecule has 15 heteroatoms. The van der Waals surface area contributed by atoms with E-state index in [9.17, 15) is 34.8 Å². The van der Waals surface area contributed by atoms with Gasteiger partial charge in [0.25, 0.3) is 0 Å². The first kappa shape index (κ1) is 28.7. The van der Waals surface area contributed by atoms with E-state index >= 15 is 0 Å². The predicted octanol–water partition coefficient (Wildman–Crippen LogP) is 4.21. The Morgan fingerprint density at radius 1 is 0.758 bits per heavy atom. The third kappa shape index (κ3) is 10.0. The van der Waals surface area contributed by atoms with Crippen molar-refractivity contribution < 1.29 is 50.2 Å². The molecule has 0 saturated heterocycles. The third-order valence-corrected chi connectivity index (χ3v) is 9.36. The average Bonchev–Trinajstić information content (AvgIpc) is 2.70. The number of halogens is 7. The zero-order chi connectivity index (χ0) is 25.3. The summed E-state index contributed by atoms with van der Waals surface area (Å²) in [5.41, 5.74) is -10.5. The van der Waals surface area contributed by atoms with E-state index in [1.807, 2.05) is 6.07 Å². The molecule has 33 heavy (non-hydrogen) atoms. The summed E-state index contributed by atoms with van der Waals surface area (Å²) in [6, 6.07) is 16.6. The van der Waals surface area contributed by atoms with E-state index in [4.69, 9.17) is 13.0 Å². The number of benzene rings is 2. The summed E-state index contributed by atoms with van der Waals surface area (Å²) in [5.74, 6) is 7.63. The molecule has 0 fully saturated rings. The molecule has 6 nitrogen and oxygen atoms in total. The summed E-state index contributed by atoms with van der Waals surface area (Å²) >= 11 is -3.42. The molecule has 2 rings (SSSR count). The number of rotatable bonds is 3. The van der Waals surface area contributed by atoms with E-state index in [2.05, 4.69) is 24.2 Å². The van der Waals surface area contributed by atoms with Crippen LogP contribution in [0.4, 0.5) is 26.3 Å². The Kier molecular flexibility index (Phi) is 10.2. The van der Waals surface area contributed by atoms with Crippen molar-refractivity contribution in [3.8, 4) is 21.7 Å². The zero-order valence-corrected chi connectivity index (χ0v) is 19.5. The van der Waals surface area contributed by atoms with Gasteiger partial charge in [0.15, 0.2) is 10.1 Å². The molecule has 0 saturated carbocycles. The molecule has 0 N–H and O–H groups in total. The van der Waals surface area contributed by atoms with Crippen LogP contribution in [0.3, 0.4) is 0 Å². The number of alkyl halides is 6. The molecule has 0 radical (unpaired) electrons. The Morgan fingerprint density at radius 2 is 1.21 bits per heavy atom. The summed E-state index contributed by atoms with van der Waals surface area (Å²) < 4.78 is 126. The Bertz CT molecular complexity index is 1250. The normalized spacial score (nSPS) is 12.2. The molecule has 180 valence electrons. The van der Waals surface area contributed by atoms with E-state index in [0.29, 0.717) is 9.13 Å². The van der Waals surface area contributed by atoms with Crippen molar-refractivity contribution in [2.45, 2.75) is 11.0 Å². The molecule has 0 amide bonds. The van der Waals surface area contributed by atoms with E-state index in [0.717, 1.165) is 0 Å². The fraction of sp³-hybridized carbons (Fsp3) is 0.111. The summed E-state index contributed by atoms with van der Waals surface area (Å²) in [4.78, 5) is 0. The maximum Gasteiger partial charge on any atom is 0.485 e. The smallest absolute Gasteiger partial charge is 0.485 e. The summed E-state index contributed by atoms with van der Waals surface area (Å²) in [6.07, 6.45) is 0. The fourth-order valence-corrected chi connectivity index (χ4v) is 6.47. The van der Waals surface area contributed by atoms with Gasteiger partial charge in [-0.25, -0.2) is 8.42 Å². The molecular weight excluding hydrogens is 617 g/mol. The summed E-state index contributed by atoms with van der Waals surface area (Å²) in [5, 5.41) is 0. The Morgan fingerprint density at radius 3 is 1.64 bits per heavy atom. The first-order valence-electron chi connectivity index (χ1n) is 7.90. The Balaban J connectivity index is 0.000000582. The second-order valence-electron chi connectivity index (χ2n) is 5.24. The Hall–Kier alpha value is -2.31. The van der Waals surface area contributed by atoms with Gasteiger partial charge in [-0.1, -0.05) is 0 Å². The van der Waals surface area contributed by atoms with Crippen molar-refractivity contribution in [2.24, 2.45) is 0 Å². The van der Waals surface area contributed by atoms with Crippen LogP contribution in [-0.4, -0.2) is 32.4 Å². The van der Waals surface area contributed by atoms with Crippen LogP contribution in [0.25, 0.3) is 0 Å². The second-order valence-corrected chi connectivity index (χ2v) is 12.4. The molecular formula is C18H10F6IO6S2-. The van der Waals surface area contributed by atoms with Crippen LogP contribution in [0, 0.1) is 25.3 Å². The van der Waals surface area contributed by atoms with Crippen LogP contribution >= 0.6 is 20.2 Å². The van der Waals surface area contributed by atoms with E-state index in [1.54, 1.807) is 42.5 Å².